The fourth-order valence-electron chi connectivity index (χ4n) is 1.91. The Kier molecular flexibility index (Phi) is 4.75. The molecule has 18 heavy (non-hydrogen) atoms. The van der Waals surface area contributed by atoms with Crippen LogP contribution in [0.25, 0.3) is 0 Å². The molecule has 0 aliphatic rings. The predicted octanol–water partition coefficient (Wildman–Crippen LogP) is 2.69. The minimum absolute atomic E-state index is 0.156. The van der Waals surface area contributed by atoms with Gasteiger partial charge in [0.1, 0.15) is 5.82 Å². The summed E-state index contributed by atoms with van der Waals surface area (Å²) in [6.07, 6.45) is 0. The van der Waals surface area contributed by atoms with E-state index in [9.17, 15) is 12.8 Å². The average molecular weight is 294 g/mol. The van der Waals surface area contributed by atoms with Gasteiger partial charge in [-0.3, -0.25) is 0 Å². The van der Waals surface area contributed by atoms with Crippen LogP contribution >= 0.6 is 11.6 Å². The van der Waals surface area contributed by atoms with E-state index in [1.807, 2.05) is 0 Å². The monoisotopic (exact) mass is 293 g/mol. The van der Waals surface area contributed by atoms with Crippen LogP contribution in [-0.4, -0.2) is 31.7 Å². The number of aryl methyl sites for hydroxylation is 2. The third-order valence-corrected chi connectivity index (χ3v) is 4.87. The van der Waals surface area contributed by atoms with Gasteiger partial charge >= 0.3 is 0 Å². The van der Waals surface area contributed by atoms with Crippen LogP contribution < -0.4 is 0 Å². The maximum atomic E-state index is 13.2. The average Bonchev–Trinajstić information content (AvgIpc) is 2.13. The molecule has 6 heteroatoms. The maximum Gasteiger partial charge on any atom is 0.243 e. The van der Waals surface area contributed by atoms with Gasteiger partial charge in [-0.1, -0.05) is 0 Å². The van der Waals surface area contributed by atoms with Crippen molar-refractivity contribution in [2.45, 2.75) is 31.0 Å². The molecular formula is C12H17ClFNO2S. The molecule has 0 fully saturated rings. The van der Waals surface area contributed by atoms with Gasteiger partial charge in [-0.2, -0.15) is 4.31 Å². The third-order valence-electron chi connectivity index (χ3n) is 2.60. The summed E-state index contributed by atoms with van der Waals surface area (Å²) in [4.78, 5) is 0.156. The fourth-order valence-corrected chi connectivity index (χ4v) is 3.86. The molecule has 3 nitrogen and oxygen atoms in total. The molecule has 0 saturated heterocycles. The first-order chi connectivity index (χ1) is 8.16. The van der Waals surface area contributed by atoms with E-state index in [4.69, 9.17) is 11.6 Å². The van der Waals surface area contributed by atoms with Crippen LogP contribution in [0.3, 0.4) is 0 Å². The summed E-state index contributed by atoms with van der Waals surface area (Å²) in [6, 6.07) is 2.44. The molecule has 1 aromatic rings. The number of sulfonamides is 1. The maximum absolute atomic E-state index is 13.2. The Balaban J connectivity index is 3.29. The molecule has 0 amide bonds. The molecule has 1 aromatic carbocycles. The molecule has 0 heterocycles. The lowest BCUT2D eigenvalue weighted by molar-refractivity contribution is 0.469. The summed E-state index contributed by atoms with van der Waals surface area (Å²) >= 11 is 5.80. The Morgan fingerprint density at radius 2 is 1.78 bits per heavy atom. The first kappa shape index (κ1) is 15.4. The lowest BCUT2D eigenvalue weighted by Crippen LogP contribution is -2.32. The Labute approximate surface area is 113 Å². The summed E-state index contributed by atoms with van der Waals surface area (Å²) < 4.78 is 39.1. The van der Waals surface area contributed by atoms with Gasteiger partial charge in [0.2, 0.25) is 10.0 Å². The van der Waals surface area contributed by atoms with Gasteiger partial charge in [0, 0.05) is 19.0 Å². The van der Waals surface area contributed by atoms with E-state index in [-0.39, 0.29) is 16.8 Å². The van der Waals surface area contributed by atoms with E-state index in [2.05, 4.69) is 0 Å². The minimum atomic E-state index is -3.63. The minimum Gasteiger partial charge on any atom is -0.207 e. The Morgan fingerprint density at radius 3 is 2.17 bits per heavy atom. The van der Waals surface area contributed by atoms with Crippen molar-refractivity contribution >= 4 is 21.6 Å². The zero-order valence-electron chi connectivity index (χ0n) is 10.9. The second-order valence-electron chi connectivity index (χ2n) is 4.44. The van der Waals surface area contributed by atoms with Crippen molar-refractivity contribution in [2.75, 3.05) is 13.6 Å². The second-order valence-corrected chi connectivity index (χ2v) is 7.16. The van der Waals surface area contributed by atoms with Crippen molar-refractivity contribution in [1.29, 1.82) is 0 Å². The summed E-state index contributed by atoms with van der Waals surface area (Å²) in [5.41, 5.74) is 0.808. The number of rotatable bonds is 4. The van der Waals surface area contributed by atoms with Crippen LogP contribution in [0, 0.1) is 19.7 Å². The van der Waals surface area contributed by atoms with E-state index >= 15 is 0 Å². The SMILES string of the molecule is Cc1cc(F)cc(C)c1S(=O)(=O)N(C)CC(C)Cl. The number of hydrogen-bond acceptors (Lipinski definition) is 2. The van der Waals surface area contributed by atoms with Crippen LogP contribution in [0.5, 0.6) is 0 Å². The zero-order chi connectivity index (χ0) is 14.1. The predicted molar refractivity (Wildman–Crippen MR) is 71.0 cm³/mol. The van der Waals surface area contributed by atoms with Crippen molar-refractivity contribution in [2.24, 2.45) is 0 Å². The Hall–Kier alpha value is -0.650. The quantitative estimate of drug-likeness (QED) is 0.801. The fraction of sp³-hybridized carbons (Fsp3) is 0.500. The molecule has 0 bridgehead atoms. The van der Waals surface area contributed by atoms with Crippen LogP contribution in [-0.2, 0) is 10.0 Å². The lowest BCUT2D eigenvalue weighted by Gasteiger charge is -2.21. The van der Waals surface area contributed by atoms with Gasteiger partial charge in [0.15, 0.2) is 0 Å². The van der Waals surface area contributed by atoms with Crippen LogP contribution in [0.2, 0.25) is 0 Å². The Morgan fingerprint density at radius 1 is 1.33 bits per heavy atom. The number of hydrogen-bond donors (Lipinski definition) is 0. The smallest absolute Gasteiger partial charge is 0.207 e. The van der Waals surface area contributed by atoms with E-state index in [1.165, 1.54) is 23.5 Å². The molecule has 0 N–H and O–H groups in total. The van der Waals surface area contributed by atoms with Gasteiger partial charge in [0.05, 0.1) is 4.90 Å². The highest BCUT2D eigenvalue weighted by Gasteiger charge is 2.25. The summed E-state index contributed by atoms with van der Waals surface area (Å²) in [5, 5.41) is -0.286. The molecule has 102 valence electrons. The standard InChI is InChI=1S/C12H17ClFNO2S/c1-8-5-11(14)6-9(2)12(8)18(16,17)15(4)7-10(3)13/h5-6,10H,7H2,1-4H3. The normalized spacial score (nSPS) is 13.9. The van der Waals surface area contributed by atoms with Gasteiger partial charge in [0.25, 0.3) is 0 Å². The number of alkyl halides is 1. The Bertz CT molecular complexity index is 520. The van der Waals surface area contributed by atoms with Gasteiger partial charge in [-0.15, -0.1) is 11.6 Å². The molecule has 0 saturated carbocycles. The van der Waals surface area contributed by atoms with Crippen LogP contribution in [0.1, 0.15) is 18.1 Å². The molecule has 0 radical (unpaired) electrons. The van der Waals surface area contributed by atoms with Crippen LogP contribution in [0.15, 0.2) is 17.0 Å². The van der Waals surface area contributed by atoms with Gasteiger partial charge < -0.3 is 0 Å². The van der Waals surface area contributed by atoms with Crippen molar-refractivity contribution < 1.29 is 12.8 Å². The van der Waals surface area contributed by atoms with Gasteiger partial charge in [-0.25, -0.2) is 12.8 Å². The first-order valence-electron chi connectivity index (χ1n) is 5.53. The largest absolute Gasteiger partial charge is 0.243 e. The highest BCUT2D eigenvalue weighted by Crippen LogP contribution is 2.24. The zero-order valence-corrected chi connectivity index (χ0v) is 12.4. The molecule has 1 rings (SSSR count). The molecule has 1 unspecified atom stereocenters. The molecule has 0 aliphatic carbocycles. The van der Waals surface area contributed by atoms with Crippen LogP contribution in [0.4, 0.5) is 4.39 Å². The molecule has 0 aromatic heterocycles. The second kappa shape index (κ2) is 5.55. The third kappa shape index (κ3) is 3.22. The van der Waals surface area contributed by atoms with Crippen molar-refractivity contribution in [3.8, 4) is 0 Å². The highest BCUT2D eigenvalue weighted by molar-refractivity contribution is 7.89. The number of halogens is 2. The van der Waals surface area contributed by atoms with Crippen molar-refractivity contribution in [3.05, 3.63) is 29.1 Å². The molecule has 0 spiro atoms. The van der Waals surface area contributed by atoms with Crippen molar-refractivity contribution in [1.82, 2.24) is 4.31 Å². The van der Waals surface area contributed by atoms with E-state index in [1.54, 1.807) is 20.8 Å². The summed E-state index contributed by atoms with van der Waals surface area (Å²) in [7, 11) is -2.16. The van der Waals surface area contributed by atoms with E-state index in [0.717, 1.165) is 0 Å². The summed E-state index contributed by atoms with van der Waals surface area (Å²) in [6.45, 7) is 5.10. The van der Waals surface area contributed by atoms with Crippen molar-refractivity contribution in [3.63, 3.8) is 0 Å². The van der Waals surface area contributed by atoms with E-state index in [0.29, 0.717) is 11.1 Å². The topological polar surface area (TPSA) is 37.4 Å². The summed E-state index contributed by atoms with van der Waals surface area (Å²) in [5.74, 6) is -0.433. The van der Waals surface area contributed by atoms with E-state index < -0.39 is 15.8 Å². The van der Waals surface area contributed by atoms with Gasteiger partial charge in [-0.05, 0) is 44.0 Å². The number of nitrogens with zero attached hydrogens (tertiary/aromatic N) is 1. The number of benzene rings is 1. The molecule has 0 aliphatic heterocycles. The highest BCUT2D eigenvalue weighted by atomic mass is 35.5. The molecular weight excluding hydrogens is 277 g/mol. The first-order valence-corrected chi connectivity index (χ1v) is 7.41. The molecule has 1 atom stereocenters. The lowest BCUT2D eigenvalue weighted by atomic mass is 10.1.